The highest BCUT2D eigenvalue weighted by Crippen LogP contribution is 2.58. The van der Waals surface area contributed by atoms with Crippen LogP contribution in [0.4, 0.5) is 0 Å². The van der Waals surface area contributed by atoms with Crippen molar-refractivity contribution >= 4 is 18.1 Å². The van der Waals surface area contributed by atoms with Gasteiger partial charge in [-0.2, -0.15) is 5.10 Å². The zero-order valence-electron chi connectivity index (χ0n) is 18.3. The topological polar surface area (TPSA) is 80.9 Å². The molecule has 0 bridgehead atoms. The third-order valence-corrected chi connectivity index (χ3v) is 6.03. The molecule has 1 aliphatic carbocycles. The Morgan fingerprint density at radius 3 is 2.26 bits per heavy atom. The summed E-state index contributed by atoms with van der Waals surface area (Å²) in [7, 11) is 0. The van der Waals surface area contributed by atoms with Gasteiger partial charge in [-0.1, -0.05) is 72.8 Å². The van der Waals surface area contributed by atoms with Gasteiger partial charge in [0, 0.05) is 5.41 Å². The number of benzene rings is 3. The average Bonchev–Trinajstić information content (AvgIpc) is 3.40. The molecule has 0 unspecified atom stereocenters. The molecule has 34 heavy (non-hydrogen) atoms. The van der Waals surface area contributed by atoms with Gasteiger partial charge in [-0.15, -0.1) is 0 Å². The SMILES string of the molecule is O=C(Oc1cccc(/C=N\NC(=O)[C@H]2CC2(c2ccccc2)c2ccccc2)c1)c1ccco1. The molecule has 1 N–H and O–H groups in total. The van der Waals surface area contributed by atoms with Crippen LogP contribution in [0.2, 0.25) is 0 Å². The molecule has 0 saturated heterocycles. The van der Waals surface area contributed by atoms with Crippen molar-refractivity contribution < 1.29 is 18.7 Å². The summed E-state index contributed by atoms with van der Waals surface area (Å²) in [6.45, 7) is 0. The van der Waals surface area contributed by atoms with E-state index < -0.39 is 5.97 Å². The summed E-state index contributed by atoms with van der Waals surface area (Å²) in [5.74, 6) is -0.458. The van der Waals surface area contributed by atoms with E-state index in [1.807, 2.05) is 36.4 Å². The lowest BCUT2D eigenvalue weighted by molar-refractivity contribution is -0.122. The smallest absolute Gasteiger partial charge is 0.379 e. The Morgan fingerprint density at radius 1 is 0.912 bits per heavy atom. The van der Waals surface area contributed by atoms with E-state index in [9.17, 15) is 9.59 Å². The van der Waals surface area contributed by atoms with E-state index in [0.29, 0.717) is 11.3 Å². The first-order valence-electron chi connectivity index (χ1n) is 11.0. The van der Waals surface area contributed by atoms with Crippen molar-refractivity contribution in [3.05, 3.63) is 126 Å². The summed E-state index contributed by atoms with van der Waals surface area (Å²) in [6.07, 6.45) is 3.66. The van der Waals surface area contributed by atoms with Gasteiger partial charge in [0.05, 0.1) is 18.4 Å². The Hall–Kier alpha value is -4.45. The summed E-state index contributed by atoms with van der Waals surface area (Å²) in [4.78, 5) is 25.1. The number of esters is 1. The van der Waals surface area contributed by atoms with Crippen molar-refractivity contribution in [3.8, 4) is 5.75 Å². The number of hydrogen-bond acceptors (Lipinski definition) is 5. The summed E-state index contributed by atoms with van der Waals surface area (Å²) >= 11 is 0. The lowest BCUT2D eigenvalue weighted by Gasteiger charge is -2.18. The first-order valence-corrected chi connectivity index (χ1v) is 11.0. The van der Waals surface area contributed by atoms with Gasteiger partial charge in [-0.05, 0) is 47.4 Å². The quantitative estimate of drug-likeness (QED) is 0.187. The minimum Gasteiger partial charge on any atom is -0.457 e. The predicted molar refractivity (Wildman–Crippen MR) is 128 cm³/mol. The molecule has 1 fully saturated rings. The van der Waals surface area contributed by atoms with E-state index in [1.54, 1.807) is 30.3 Å². The highest BCUT2D eigenvalue weighted by Gasteiger charge is 2.60. The van der Waals surface area contributed by atoms with E-state index in [1.165, 1.54) is 18.5 Å². The van der Waals surface area contributed by atoms with Crippen LogP contribution >= 0.6 is 0 Å². The summed E-state index contributed by atoms with van der Waals surface area (Å²) < 4.78 is 10.4. The number of nitrogens with one attached hydrogen (secondary N) is 1. The van der Waals surface area contributed by atoms with Crippen LogP contribution in [0.5, 0.6) is 5.75 Å². The van der Waals surface area contributed by atoms with Crippen molar-refractivity contribution in [1.82, 2.24) is 5.43 Å². The average molecular weight is 450 g/mol. The molecular weight excluding hydrogens is 428 g/mol. The molecule has 5 rings (SSSR count). The monoisotopic (exact) mass is 450 g/mol. The number of nitrogens with zero attached hydrogens (tertiary/aromatic N) is 1. The van der Waals surface area contributed by atoms with Crippen LogP contribution in [0.3, 0.4) is 0 Å². The Labute approximate surface area is 196 Å². The molecular formula is C28H22N2O4. The maximum atomic E-state index is 13.0. The second kappa shape index (κ2) is 9.19. The first kappa shape index (κ1) is 21.4. The molecule has 0 spiro atoms. The van der Waals surface area contributed by atoms with E-state index in [4.69, 9.17) is 9.15 Å². The van der Waals surface area contributed by atoms with Crippen molar-refractivity contribution in [2.24, 2.45) is 11.0 Å². The molecule has 0 radical (unpaired) electrons. The van der Waals surface area contributed by atoms with Crippen molar-refractivity contribution in [1.29, 1.82) is 0 Å². The van der Waals surface area contributed by atoms with Gasteiger partial charge < -0.3 is 9.15 Å². The van der Waals surface area contributed by atoms with E-state index in [0.717, 1.165) is 17.5 Å². The number of ether oxygens (including phenoxy) is 1. The number of carbonyl (C=O) groups excluding carboxylic acids is 2. The minimum atomic E-state index is -0.584. The molecule has 1 atom stereocenters. The van der Waals surface area contributed by atoms with Crippen LogP contribution in [0, 0.1) is 5.92 Å². The second-order valence-corrected chi connectivity index (χ2v) is 8.13. The van der Waals surface area contributed by atoms with Gasteiger partial charge in [0.15, 0.2) is 0 Å². The van der Waals surface area contributed by atoms with Crippen LogP contribution in [0.25, 0.3) is 0 Å². The molecule has 6 heteroatoms. The number of rotatable bonds is 7. The van der Waals surface area contributed by atoms with Gasteiger partial charge in [0.1, 0.15) is 5.75 Å². The highest BCUT2D eigenvalue weighted by atomic mass is 16.5. The van der Waals surface area contributed by atoms with Gasteiger partial charge in [-0.25, -0.2) is 10.2 Å². The van der Waals surface area contributed by atoms with Gasteiger partial charge in [0.25, 0.3) is 0 Å². The van der Waals surface area contributed by atoms with Crippen LogP contribution in [0.1, 0.15) is 33.7 Å². The third-order valence-electron chi connectivity index (χ3n) is 6.03. The number of carbonyl (C=O) groups is 2. The Kier molecular flexibility index (Phi) is 5.79. The molecule has 3 aromatic carbocycles. The molecule has 6 nitrogen and oxygen atoms in total. The third kappa shape index (κ3) is 4.26. The van der Waals surface area contributed by atoms with Gasteiger partial charge in [-0.3, -0.25) is 4.79 Å². The predicted octanol–water partition coefficient (Wildman–Crippen LogP) is 4.96. The van der Waals surface area contributed by atoms with Crippen molar-refractivity contribution in [2.75, 3.05) is 0 Å². The number of hydrogen-bond donors (Lipinski definition) is 1. The molecule has 1 aromatic heterocycles. The van der Waals surface area contributed by atoms with E-state index in [-0.39, 0.29) is 23.0 Å². The first-order chi connectivity index (χ1) is 16.7. The normalized spacial score (nSPS) is 16.2. The number of hydrazone groups is 1. The molecule has 168 valence electrons. The fourth-order valence-corrected chi connectivity index (χ4v) is 4.31. The molecule has 1 saturated carbocycles. The van der Waals surface area contributed by atoms with Gasteiger partial charge >= 0.3 is 5.97 Å². The second-order valence-electron chi connectivity index (χ2n) is 8.13. The summed E-state index contributed by atoms with van der Waals surface area (Å²) in [5, 5.41) is 4.14. The number of furan rings is 1. The van der Waals surface area contributed by atoms with Crippen LogP contribution in [-0.2, 0) is 10.2 Å². The zero-order valence-corrected chi connectivity index (χ0v) is 18.3. The Bertz CT molecular complexity index is 1280. The van der Waals surface area contributed by atoms with E-state index >= 15 is 0 Å². The van der Waals surface area contributed by atoms with E-state index in [2.05, 4.69) is 34.8 Å². The zero-order chi connectivity index (χ0) is 23.4. The Morgan fingerprint density at radius 2 is 1.62 bits per heavy atom. The molecule has 1 heterocycles. The maximum Gasteiger partial charge on any atom is 0.379 e. The maximum absolute atomic E-state index is 13.0. The molecule has 1 aliphatic rings. The van der Waals surface area contributed by atoms with Crippen LogP contribution < -0.4 is 10.2 Å². The van der Waals surface area contributed by atoms with Crippen LogP contribution in [0.15, 0.2) is 113 Å². The fourth-order valence-electron chi connectivity index (χ4n) is 4.31. The highest BCUT2D eigenvalue weighted by molar-refractivity contribution is 5.89. The standard InChI is InChI=1S/C28H22N2O4/c31-26(24-18-28(24,21-10-3-1-4-11-21)22-12-5-2-6-13-22)30-29-19-20-9-7-14-23(17-20)34-27(32)25-15-8-16-33-25/h1-17,19,24H,18H2,(H,30,31)/b29-19-/t24-/m1/s1. The molecule has 4 aromatic rings. The van der Waals surface area contributed by atoms with Crippen LogP contribution in [-0.4, -0.2) is 18.1 Å². The van der Waals surface area contributed by atoms with Crippen molar-refractivity contribution in [2.45, 2.75) is 11.8 Å². The largest absolute Gasteiger partial charge is 0.457 e. The minimum absolute atomic E-state index is 0.121. The van der Waals surface area contributed by atoms with Gasteiger partial charge in [0.2, 0.25) is 11.7 Å². The Balaban J connectivity index is 1.27. The van der Waals surface area contributed by atoms with Crippen molar-refractivity contribution in [3.63, 3.8) is 0 Å². The summed E-state index contributed by atoms with van der Waals surface area (Å²) in [5.41, 5.74) is 5.25. The lowest BCUT2D eigenvalue weighted by Crippen LogP contribution is -2.25. The summed E-state index contributed by atoms with van der Waals surface area (Å²) in [6, 6.07) is 30.2. The fraction of sp³-hybridized carbons (Fsp3) is 0.107. The molecule has 0 aliphatic heterocycles. The lowest BCUT2D eigenvalue weighted by atomic mass is 9.85. The number of amides is 1. The molecule has 1 amide bonds.